The monoisotopic (exact) mass is 374 g/mol. The van der Waals surface area contributed by atoms with Gasteiger partial charge in [-0.2, -0.15) is 13.2 Å². The summed E-state index contributed by atoms with van der Waals surface area (Å²) in [6.07, 6.45) is -4.55. The molecule has 0 aliphatic rings. The van der Waals surface area contributed by atoms with Crippen molar-refractivity contribution >= 4 is 22.9 Å². The second-order valence-corrected chi connectivity index (χ2v) is 6.19. The van der Waals surface area contributed by atoms with Crippen LogP contribution in [0.1, 0.15) is 16.3 Å². The zero-order valence-electron chi connectivity index (χ0n) is 13.6. The summed E-state index contributed by atoms with van der Waals surface area (Å²) in [5.41, 5.74) is -0.344. The molecule has 2 aromatic rings. The quantitative estimate of drug-likeness (QED) is 0.751. The van der Waals surface area contributed by atoms with Crippen molar-refractivity contribution in [3.05, 3.63) is 39.8 Å². The number of nitrogens with one attached hydrogen (secondary N) is 1. The fourth-order valence-electron chi connectivity index (χ4n) is 2.01. The van der Waals surface area contributed by atoms with Gasteiger partial charge in [0.15, 0.2) is 0 Å². The van der Waals surface area contributed by atoms with Crippen LogP contribution < -0.4 is 10.1 Å². The molecule has 0 aliphatic heterocycles. The van der Waals surface area contributed by atoms with Crippen molar-refractivity contribution in [2.24, 2.45) is 0 Å². The van der Waals surface area contributed by atoms with Crippen molar-refractivity contribution < 1.29 is 27.4 Å². The molecule has 1 aromatic carbocycles. The molecule has 0 unspecified atom stereocenters. The maximum Gasteiger partial charge on any atom is 0.416 e. The van der Waals surface area contributed by atoms with E-state index in [1.807, 2.05) is 0 Å². The molecule has 1 heterocycles. The summed E-state index contributed by atoms with van der Waals surface area (Å²) >= 11 is 1.40. The Balaban J connectivity index is 2.17. The number of aryl methyl sites for hydroxylation is 1. The average Bonchev–Trinajstić information content (AvgIpc) is 2.92. The summed E-state index contributed by atoms with van der Waals surface area (Å²) in [6, 6.07) is 2.94. The SMILES string of the molecule is COCCOc1ccc(C(F)(F)F)cc1NC(=O)Cc1csc(C)n1. The van der Waals surface area contributed by atoms with Gasteiger partial charge in [-0.1, -0.05) is 0 Å². The van der Waals surface area contributed by atoms with Crippen LogP contribution in [0.4, 0.5) is 18.9 Å². The third kappa shape index (κ3) is 5.71. The molecular weight excluding hydrogens is 357 g/mol. The van der Waals surface area contributed by atoms with Crippen molar-refractivity contribution in [3.8, 4) is 5.75 Å². The molecule has 0 aliphatic carbocycles. The van der Waals surface area contributed by atoms with E-state index in [0.29, 0.717) is 5.69 Å². The minimum atomic E-state index is -4.52. The fraction of sp³-hybridized carbons (Fsp3) is 0.375. The van der Waals surface area contributed by atoms with Crippen LogP contribution in [0.5, 0.6) is 5.75 Å². The Morgan fingerprint density at radius 2 is 2.08 bits per heavy atom. The van der Waals surface area contributed by atoms with Gasteiger partial charge < -0.3 is 14.8 Å². The number of methoxy groups -OCH3 is 1. The normalized spacial score (nSPS) is 11.4. The second-order valence-electron chi connectivity index (χ2n) is 5.13. The Hall–Kier alpha value is -2.13. The van der Waals surface area contributed by atoms with Crippen LogP contribution >= 0.6 is 11.3 Å². The van der Waals surface area contributed by atoms with Crippen LogP contribution in [0.3, 0.4) is 0 Å². The molecule has 136 valence electrons. The van der Waals surface area contributed by atoms with Crippen LogP contribution in [-0.4, -0.2) is 31.2 Å². The highest BCUT2D eigenvalue weighted by Gasteiger charge is 2.31. The van der Waals surface area contributed by atoms with Crippen LogP contribution in [0, 0.1) is 6.92 Å². The number of hydrogen-bond donors (Lipinski definition) is 1. The van der Waals surface area contributed by atoms with Gasteiger partial charge in [0.1, 0.15) is 12.4 Å². The van der Waals surface area contributed by atoms with E-state index in [2.05, 4.69) is 10.3 Å². The predicted octanol–water partition coefficient (Wildman–Crippen LogP) is 3.68. The number of alkyl halides is 3. The zero-order valence-corrected chi connectivity index (χ0v) is 14.5. The minimum Gasteiger partial charge on any atom is -0.489 e. The molecule has 1 amide bonds. The minimum absolute atomic E-state index is 0.0297. The van der Waals surface area contributed by atoms with E-state index in [-0.39, 0.29) is 31.1 Å². The smallest absolute Gasteiger partial charge is 0.416 e. The third-order valence-electron chi connectivity index (χ3n) is 3.13. The number of carbonyl (C=O) groups is 1. The number of hydrogen-bond acceptors (Lipinski definition) is 5. The number of anilines is 1. The second kappa shape index (κ2) is 8.30. The lowest BCUT2D eigenvalue weighted by Gasteiger charge is -2.15. The molecule has 25 heavy (non-hydrogen) atoms. The molecule has 0 saturated heterocycles. The Morgan fingerprint density at radius 1 is 1.32 bits per heavy atom. The standard InChI is InChI=1S/C16H17F3N2O3S/c1-10-20-12(9-25-10)8-15(22)21-13-7-11(16(17,18)19)3-4-14(13)24-6-5-23-2/h3-4,7,9H,5-6,8H2,1-2H3,(H,21,22). The highest BCUT2D eigenvalue weighted by atomic mass is 32.1. The van der Waals surface area contributed by atoms with E-state index in [0.717, 1.165) is 17.1 Å². The van der Waals surface area contributed by atoms with E-state index in [1.54, 1.807) is 12.3 Å². The molecule has 1 aromatic heterocycles. The molecular formula is C16H17F3N2O3S. The highest BCUT2D eigenvalue weighted by molar-refractivity contribution is 7.09. The largest absolute Gasteiger partial charge is 0.489 e. The summed E-state index contributed by atoms with van der Waals surface area (Å²) in [6.45, 7) is 2.23. The van der Waals surface area contributed by atoms with Gasteiger partial charge in [-0.15, -0.1) is 11.3 Å². The molecule has 2 rings (SSSR count). The number of halogens is 3. The highest BCUT2D eigenvalue weighted by Crippen LogP contribution is 2.35. The Kier molecular flexibility index (Phi) is 6.38. The summed E-state index contributed by atoms with van der Waals surface area (Å²) in [5.74, 6) is -0.325. The Morgan fingerprint density at radius 3 is 2.68 bits per heavy atom. The lowest BCUT2D eigenvalue weighted by atomic mass is 10.1. The summed E-state index contributed by atoms with van der Waals surface area (Å²) < 4.78 is 49.0. The summed E-state index contributed by atoms with van der Waals surface area (Å²) in [7, 11) is 1.48. The molecule has 9 heteroatoms. The number of amides is 1. The summed E-state index contributed by atoms with van der Waals surface area (Å²) in [5, 5.41) is 5.01. The molecule has 0 fully saturated rings. The van der Waals surface area contributed by atoms with Gasteiger partial charge in [0.05, 0.1) is 35.0 Å². The number of rotatable bonds is 7. The fourth-order valence-corrected chi connectivity index (χ4v) is 2.63. The van der Waals surface area contributed by atoms with Crippen molar-refractivity contribution in [2.75, 3.05) is 25.6 Å². The van der Waals surface area contributed by atoms with E-state index < -0.39 is 17.6 Å². The molecule has 1 N–H and O–H groups in total. The van der Waals surface area contributed by atoms with Gasteiger partial charge in [0.25, 0.3) is 0 Å². The predicted molar refractivity (Wildman–Crippen MR) is 88.0 cm³/mol. The number of ether oxygens (including phenoxy) is 2. The van der Waals surface area contributed by atoms with Gasteiger partial charge in [0.2, 0.25) is 5.91 Å². The van der Waals surface area contributed by atoms with Crippen LogP contribution in [0.15, 0.2) is 23.6 Å². The number of benzene rings is 1. The Labute approximate surface area is 146 Å². The lowest BCUT2D eigenvalue weighted by Crippen LogP contribution is -2.17. The molecule has 0 atom stereocenters. The molecule has 0 bridgehead atoms. The molecule has 0 saturated carbocycles. The van der Waals surface area contributed by atoms with E-state index in [9.17, 15) is 18.0 Å². The Bertz CT molecular complexity index is 732. The number of nitrogens with zero attached hydrogens (tertiary/aromatic N) is 1. The van der Waals surface area contributed by atoms with Crippen molar-refractivity contribution in [2.45, 2.75) is 19.5 Å². The first-order chi connectivity index (χ1) is 11.8. The molecule has 5 nitrogen and oxygen atoms in total. The zero-order chi connectivity index (χ0) is 18.4. The first kappa shape index (κ1) is 19.2. The number of aromatic nitrogens is 1. The van der Waals surface area contributed by atoms with Crippen LogP contribution in [-0.2, 0) is 22.1 Å². The van der Waals surface area contributed by atoms with Gasteiger partial charge in [0, 0.05) is 12.5 Å². The lowest BCUT2D eigenvalue weighted by molar-refractivity contribution is -0.137. The maximum absolute atomic E-state index is 12.9. The third-order valence-corrected chi connectivity index (χ3v) is 3.96. The van der Waals surface area contributed by atoms with Gasteiger partial charge in [-0.3, -0.25) is 4.79 Å². The van der Waals surface area contributed by atoms with Crippen LogP contribution in [0.25, 0.3) is 0 Å². The number of thiazole rings is 1. The first-order valence-corrected chi connectivity index (χ1v) is 8.21. The first-order valence-electron chi connectivity index (χ1n) is 7.33. The average molecular weight is 374 g/mol. The van der Waals surface area contributed by atoms with Gasteiger partial charge in [-0.25, -0.2) is 4.98 Å². The van der Waals surface area contributed by atoms with E-state index >= 15 is 0 Å². The van der Waals surface area contributed by atoms with Crippen molar-refractivity contribution in [1.29, 1.82) is 0 Å². The summed E-state index contributed by atoms with van der Waals surface area (Å²) in [4.78, 5) is 16.3. The topological polar surface area (TPSA) is 60.5 Å². The van der Waals surface area contributed by atoms with Gasteiger partial charge >= 0.3 is 6.18 Å². The maximum atomic E-state index is 12.9. The van der Waals surface area contributed by atoms with Crippen molar-refractivity contribution in [1.82, 2.24) is 4.98 Å². The van der Waals surface area contributed by atoms with Gasteiger partial charge in [-0.05, 0) is 25.1 Å². The molecule has 0 spiro atoms. The molecule has 0 radical (unpaired) electrons. The van der Waals surface area contributed by atoms with E-state index in [1.165, 1.54) is 24.5 Å². The van der Waals surface area contributed by atoms with Crippen LogP contribution in [0.2, 0.25) is 0 Å². The number of carbonyl (C=O) groups excluding carboxylic acids is 1. The van der Waals surface area contributed by atoms with Crippen molar-refractivity contribution in [3.63, 3.8) is 0 Å². The van der Waals surface area contributed by atoms with E-state index in [4.69, 9.17) is 9.47 Å².